The molecule has 5 nitrogen and oxygen atoms in total. The van der Waals surface area contributed by atoms with Gasteiger partial charge in [0.2, 0.25) is 0 Å². The third kappa shape index (κ3) is 1.69. The van der Waals surface area contributed by atoms with E-state index in [4.69, 9.17) is 0 Å². The van der Waals surface area contributed by atoms with E-state index >= 15 is 0 Å². The predicted octanol–water partition coefficient (Wildman–Crippen LogP) is 0.771. The smallest absolute Gasteiger partial charge is 0.272 e. The highest BCUT2D eigenvalue weighted by Crippen LogP contribution is 2.30. The molecule has 0 aliphatic carbocycles. The number of hydrogen-bond acceptors (Lipinski definition) is 4. The van der Waals surface area contributed by atoms with Gasteiger partial charge >= 0.3 is 0 Å². The number of amides is 2. The van der Waals surface area contributed by atoms with Crippen LogP contribution in [0.3, 0.4) is 0 Å². The van der Waals surface area contributed by atoms with Crippen LogP contribution in [-0.2, 0) is 14.8 Å². The summed E-state index contributed by atoms with van der Waals surface area (Å²) in [6.07, 6.45) is -0.296. The van der Waals surface area contributed by atoms with Gasteiger partial charge in [-0.05, 0) is 19.1 Å². The van der Waals surface area contributed by atoms with E-state index in [1.165, 1.54) is 25.1 Å². The molecule has 1 aromatic rings. The van der Waals surface area contributed by atoms with E-state index in [9.17, 15) is 18.0 Å². The molecule has 0 saturated carbocycles. The van der Waals surface area contributed by atoms with Gasteiger partial charge in [-0.15, -0.1) is 5.92 Å². The van der Waals surface area contributed by atoms with Crippen molar-refractivity contribution in [3.8, 4) is 11.8 Å². The monoisotopic (exact) mass is 263 g/mol. The minimum Gasteiger partial charge on any atom is -0.272 e. The third-order valence-corrected chi connectivity index (χ3v) is 4.23. The molecule has 1 heterocycles. The van der Waals surface area contributed by atoms with Crippen LogP contribution in [0.2, 0.25) is 0 Å². The Balaban J connectivity index is 2.51. The molecule has 0 radical (unpaired) electrons. The zero-order chi connectivity index (χ0) is 13.3. The quantitative estimate of drug-likeness (QED) is 0.702. The Bertz CT molecular complexity index is 694. The average Bonchev–Trinajstić information content (AvgIpc) is 2.55. The Morgan fingerprint density at radius 2 is 2.00 bits per heavy atom. The Labute approximate surface area is 104 Å². The molecule has 0 fully saturated rings. The SMILES string of the molecule is CC#CCC(=O)N1C(=O)c2ccccc2S1(=O)=O. The summed E-state index contributed by atoms with van der Waals surface area (Å²) in [5.41, 5.74) is 0.0234. The van der Waals surface area contributed by atoms with E-state index < -0.39 is 21.8 Å². The molecule has 6 heteroatoms. The van der Waals surface area contributed by atoms with Crippen LogP contribution in [0.4, 0.5) is 0 Å². The second kappa shape index (κ2) is 4.27. The lowest BCUT2D eigenvalue weighted by molar-refractivity contribution is -0.123. The molecule has 0 N–H and O–H groups in total. The van der Waals surface area contributed by atoms with Crippen molar-refractivity contribution in [1.82, 2.24) is 4.31 Å². The van der Waals surface area contributed by atoms with Gasteiger partial charge in [0, 0.05) is 0 Å². The predicted molar refractivity (Wildman–Crippen MR) is 62.9 cm³/mol. The van der Waals surface area contributed by atoms with Crippen LogP contribution in [0.25, 0.3) is 0 Å². The van der Waals surface area contributed by atoms with E-state index in [0.29, 0.717) is 4.31 Å². The molecule has 2 rings (SSSR count). The molecule has 0 saturated heterocycles. The number of nitrogens with zero attached hydrogens (tertiary/aromatic N) is 1. The van der Waals surface area contributed by atoms with Crippen LogP contribution in [0.15, 0.2) is 29.2 Å². The number of carbonyl (C=O) groups excluding carboxylic acids is 2. The van der Waals surface area contributed by atoms with Crippen molar-refractivity contribution in [2.24, 2.45) is 0 Å². The average molecular weight is 263 g/mol. The molecule has 1 aromatic carbocycles. The van der Waals surface area contributed by atoms with Gasteiger partial charge in [0.1, 0.15) is 4.90 Å². The molecule has 2 amide bonds. The fraction of sp³-hybridized carbons (Fsp3) is 0.167. The van der Waals surface area contributed by atoms with E-state index in [2.05, 4.69) is 11.8 Å². The molecule has 0 bridgehead atoms. The largest absolute Gasteiger partial charge is 0.276 e. The highest BCUT2D eigenvalue weighted by molar-refractivity contribution is 7.90. The van der Waals surface area contributed by atoms with E-state index in [1.807, 2.05) is 0 Å². The normalized spacial score (nSPS) is 15.8. The lowest BCUT2D eigenvalue weighted by atomic mass is 10.2. The van der Waals surface area contributed by atoms with Gasteiger partial charge < -0.3 is 0 Å². The number of fused-ring (bicyclic) bond motifs is 1. The highest BCUT2D eigenvalue weighted by atomic mass is 32.2. The van der Waals surface area contributed by atoms with Crippen molar-refractivity contribution < 1.29 is 18.0 Å². The fourth-order valence-electron chi connectivity index (χ4n) is 1.67. The van der Waals surface area contributed by atoms with E-state index in [0.717, 1.165) is 0 Å². The minimum absolute atomic E-state index is 0.0234. The van der Waals surface area contributed by atoms with Crippen LogP contribution in [0, 0.1) is 11.8 Å². The topological polar surface area (TPSA) is 71.5 Å². The zero-order valence-electron chi connectivity index (χ0n) is 9.50. The van der Waals surface area contributed by atoms with Gasteiger partial charge in [0.05, 0.1) is 12.0 Å². The Morgan fingerprint density at radius 1 is 1.33 bits per heavy atom. The van der Waals surface area contributed by atoms with Crippen molar-refractivity contribution in [2.75, 3.05) is 0 Å². The number of sulfonamides is 1. The van der Waals surface area contributed by atoms with Crippen molar-refractivity contribution in [2.45, 2.75) is 18.2 Å². The Morgan fingerprint density at radius 3 is 2.61 bits per heavy atom. The molecule has 92 valence electrons. The minimum atomic E-state index is -4.06. The van der Waals surface area contributed by atoms with E-state index in [1.54, 1.807) is 6.07 Å². The van der Waals surface area contributed by atoms with Gasteiger partial charge in [-0.3, -0.25) is 9.59 Å². The summed E-state index contributed by atoms with van der Waals surface area (Å²) in [5.74, 6) is 3.29. The molecule has 0 atom stereocenters. The van der Waals surface area contributed by atoms with Crippen LogP contribution in [0.5, 0.6) is 0 Å². The summed E-state index contributed by atoms with van der Waals surface area (Å²) >= 11 is 0. The molecular weight excluding hydrogens is 254 g/mol. The second-order valence-corrected chi connectivity index (χ2v) is 5.32. The molecule has 1 aliphatic rings. The van der Waals surface area contributed by atoms with Gasteiger partial charge in [0.25, 0.3) is 21.8 Å². The van der Waals surface area contributed by atoms with Crippen molar-refractivity contribution >= 4 is 21.8 Å². The van der Waals surface area contributed by atoms with Crippen molar-refractivity contribution in [3.63, 3.8) is 0 Å². The summed E-state index contributed by atoms with van der Waals surface area (Å²) in [7, 11) is -4.06. The van der Waals surface area contributed by atoms with Crippen molar-refractivity contribution in [3.05, 3.63) is 29.8 Å². The summed E-state index contributed by atoms with van der Waals surface area (Å²) in [5, 5.41) is 0. The third-order valence-electron chi connectivity index (χ3n) is 2.46. The number of rotatable bonds is 1. The lowest BCUT2D eigenvalue weighted by Crippen LogP contribution is -2.35. The Kier molecular flexibility index (Phi) is 2.93. The highest BCUT2D eigenvalue weighted by Gasteiger charge is 2.44. The zero-order valence-corrected chi connectivity index (χ0v) is 10.3. The number of carbonyl (C=O) groups is 2. The van der Waals surface area contributed by atoms with Crippen LogP contribution in [0.1, 0.15) is 23.7 Å². The van der Waals surface area contributed by atoms with Crippen molar-refractivity contribution in [1.29, 1.82) is 0 Å². The Hall–Kier alpha value is -2.13. The molecule has 0 aromatic heterocycles. The maximum Gasteiger partial charge on any atom is 0.276 e. The number of hydrogen-bond donors (Lipinski definition) is 0. The first-order chi connectivity index (χ1) is 8.50. The van der Waals surface area contributed by atoms with Gasteiger partial charge in [-0.1, -0.05) is 18.1 Å². The fourth-order valence-corrected chi connectivity index (χ4v) is 3.20. The summed E-state index contributed by atoms with van der Waals surface area (Å²) in [4.78, 5) is 23.5. The summed E-state index contributed by atoms with van der Waals surface area (Å²) < 4.78 is 24.4. The molecule has 0 unspecified atom stereocenters. The van der Waals surface area contributed by atoms with Gasteiger partial charge in [-0.2, -0.15) is 4.31 Å². The molecule has 0 spiro atoms. The van der Waals surface area contributed by atoms with Gasteiger partial charge in [0.15, 0.2) is 0 Å². The van der Waals surface area contributed by atoms with Crippen LogP contribution >= 0.6 is 0 Å². The maximum atomic E-state index is 12.0. The van der Waals surface area contributed by atoms with Crippen LogP contribution in [-0.4, -0.2) is 24.5 Å². The summed E-state index contributed by atoms with van der Waals surface area (Å²) in [6.45, 7) is 1.53. The first-order valence-electron chi connectivity index (χ1n) is 5.11. The second-order valence-electron chi connectivity index (χ2n) is 3.57. The van der Waals surface area contributed by atoms with Gasteiger partial charge in [-0.25, -0.2) is 8.42 Å². The lowest BCUT2D eigenvalue weighted by Gasteiger charge is -2.10. The first-order valence-corrected chi connectivity index (χ1v) is 6.55. The molecule has 1 aliphatic heterocycles. The molecular formula is C12H9NO4S. The van der Waals surface area contributed by atoms with E-state index in [-0.39, 0.29) is 16.9 Å². The first kappa shape index (κ1) is 12.3. The maximum absolute atomic E-state index is 12.0. The standard InChI is InChI=1S/C12H9NO4S/c1-2-3-8-11(14)13-12(15)9-6-4-5-7-10(9)18(13,16)17/h4-7H,8H2,1H3. The van der Waals surface area contributed by atoms with Crippen LogP contribution < -0.4 is 0 Å². The number of imide groups is 1. The molecule has 18 heavy (non-hydrogen) atoms. The summed E-state index contributed by atoms with van der Waals surface area (Å²) in [6, 6.07) is 5.74. The number of benzene rings is 1.